The molecule has 102 valence electrons. The molecule has 0 bridgehead atoms. The summed E-state index contributed by atoms with van der Waals surface area (Å²) in [7, 11) is 0. The summed E-state index contributed by atoms with van der Waals surface area (Å²) in [4.78, 5) is 3.96. The molecule has 2 rings (SSSR count). The first-order valence-corrected chi connectivity index (χ1v) is 4.92. The van der Waals surface area contributed by atoms with Crippen LogP contribution in [0.5, 0.6) is 5.75 Å². The Hall–Kier alpha value is -1.82. The quantitative estimate of drug-likeness (QED) is 0.774. The summed E-state index contributed by atoms with van der Waals surface area (Å²) >= 11 is 0. The number of rotatable bonds is 2. The highest BCUT2D eigenvalue weighted by atomic mass is 35.5. The number of hydrogen-bond donors (Lipinski definition) is 0. The summed E-state index contributed by atoms with van der Waals surface area (Å²) in [5.41, 5.74) is 0.845. The number of hydrogen-bond acceptors (Lipinski definition) is 2. The van der Waals surface area contributed by atoms with Gasteiger partial charge in [0.2, 0.25) is 0 Å². The monoisotopic (exact) mass is 293 g/mol. The molecule has 1 aromatic heterocycles. The molecule has 0 fully saturated rings. The van der Waals surface area contributed by atoms with Crippen LogP contribution in [-0.4, -0.2) is 11.3 Å². The largest absolute Gasteiger partial charge is 0.573 e. The third-order valence-corrected chi connectivity index (χ3v) is 2.12. The number of pyridine rings is 1. The molecule has 0 aliphatic carbocycles. The molecule has 0 aliphatic heterocycles. The smallest absolute Gasteiger partial charge is 0.403 e. The molecule has 19 heavy (non-hydrogen) atoms. The average Bonchev–Trinajstić information content (AvgIpc) is 2.31. The number of halogens is 5. The molecule has 0 atom stereocenters. The highest BCUT2D eigenvalue weighted by molar-refractivity contribution is 5.85. The van der Waals surface area contributed by atoms with E-state index in [9.17, 15) is 17.6 Å². The van der Waals surface area contributed by atoms with Gasteiger partial charge in [-0.15, -0.1) is 25.6 Å². The van der Waals surface area contributed by atoms with Crippen molar-refractivity contribution >= 4 is 12.4 Å². The zero-order chi connectivity index (χ0) is 13.2. The van der Waals surface area contributed by atoms with Crippen LogP contribution >= 0.6 is 12.4 Å². The van der Waals surface area contributed by atoms with E-state index >= 15 is 0 Å². The fraction of sp³-hybridized carbons (Fsp3) is 0.0833. The van der Waals surface area contributed by atoms with Gasteiger partial charge < -0.3 is 4.74 Å². The molecule has 0 saturated carbocycles. The van der Waals surface area contributed by atoms with Crippen molar-refractivity contribution in [3.8, 4) is 17.0 Å². The van der Waals surface area contributed by atoms with Crippen LogP contribution in [0.2, 0.25) is 0 Å². The van der Waals surface area contributed by atoms with Crippen LogP contribution in [0.1, 0.15) is 0 Å². The van der Waals surface area contributed by atoms with E-state index in [2.05, 4.69) is 9.72 Å². The van der Waals surface area contributed by atoms with Crippen LogP contribution < -0.4 is 4.74 Å². The van der Waals surface area contributed by atoms with Crippen LogP contribution in [0.3, 0.4) is 0 Å². The summed E-state index contributed by atoms with van der Waals surface area (Å²) < 4.78 is 52.8. The van der Waals surface area contributed by atoms with E-state index in [0.717, 1.165) is 12.1 Å². The first kappa shape index (κ1) is 15.2. The Morgan fingerprint density at radius 2 is 1.79 bits per heavy atom. The summed E-state index contributed by atoms with van der Waals surface area (Å²) in [6, 6.07) is 8.18. The Balaban J connectivity index is 0.00000180. The molecular weight excluding hydrogens is 286 g/mol. The molecule has 1 aromatic carbocycles. The molecule has 7 heteroatoms. The van der Waals surface area contributed by atoms with Crippen molar-refractivity contribution in [1.82, 2.24) is 4.98 Å². The fourth-order valence-corrected chi connectivity index (χ4v) is 1.40. The predicted molar refractivity (Wildman–Crippen MR) is 63.6 cm³/mol. The Labute approximate surface area is 112 Å². The third kappa shape index (κ3) is 4.10. The predicted octanol–water partition coefficient (Wildman–Crippen LogP) is 4.21. The van der Waals surface area contributed by atoms with Crippen molar-refractivity contribution < 1.29 is 22.3 Å². The van der Waals surface area contributed by atoms with Gasteiger partial charge in [-0.1, -0.05) is 6.07 Å². The molecule has 0 unspecified atom stereocenters. The van der Waals surface area contributed by atoms with Gasteiger partial charge in [0.25, 0.3) is 0 Å². The number of alkyl halides is 3. The van der Waals surface area contributed by atoms with Gasteiger partial charge in [0.15, 0.2) is 11.6 Å². The van der Waals surface area contributed by atoms with Crippen molar-refractivity contribution in [1.29, 1.82) is 0 Å². The number of benzene rings is 1. The second-order valence-corrected chi connectivity index (χ2v) is 3.41. The van der Waals surface area contributed by atoms with Gasteiger partial charge in [0.05, 0.1) is 5.69 Å². The Kier molecular flexibility index (Phi) is 4.72. The molecular formula is C12H8ClF4NO. The normalized spacial score (nSPS) is 10.7. The van der Waals surface area contributed by atoms with Gasteiger partial charge in [0, 0.05) is 11.8 Å². The van der Waals surface area contributed by atoms with E-state index in [1.54, 1.807) is 18.2 Å². The van der Waals surface area contributed by atoms with Gasteiger partial charge in [-0.2, -0.15) is 0 Å². The second-order valence-electron chi connectivity index (χ2n) is 3.41. The Bertz CT molecular complexity index is 545. The number of aromatic nitrogens is 1. The van der Waals surface area contributed by atoms with Gasteiger partial charge in [-0.3, -0.25) is 4.98 Å². The van der Waals surface area contributed by atoms with Crippen molar-refractivity contribution in [3.63, 3.8) is 0 Å². The van der Waals surface area contributed by atoms with E-state index in [1.165, 1.54) is 12.3 Å². The van der Waals surface area contributed by atoms with Crippen LogP contribution in [0.15, 0.2) is 42.6 Å². The SMILES string of the molecule is Cl.Fc1cc(-c2ccccn2)ccc1OC(F)(F)F. The maximum atomic E-state index is 13.4. The minimum absolute atomic E-state index is 0. The van der Waals surface area contributed by atoms with E-state index in [1.807, 2.05) is 0 Å². The zero-order valence-corrected chi connectivity index (χ0v) is 10.1. The van der Waals surface area contributed by atoms with Gasteiger partial charge in [-0.25, -0.2) is 4.39 Å². The van der Waals surface area contributed by atoms with Crippen molar-refractivity contribution in [2.24, 2.45) is 0 Å². The summed E-state index contributed by atoms with van der Waals surface area (Å²) in [6.07, 6.45) is -3.40. The Morgan fingerprint density at radius 1 is 1.05 bits per heavy atom. The van der Waals surface area contributed by atoms with E-state index in [0.29, 0.717) is 11.3 Å². The molecule has 2 nitrogen and oxygen atoms in total. The first-order valence-electron chi connectivity index (χ1n) is 4.92. The third-order valence-electron chi connectivity index (χ3n) is 2.12. The highest BCUT2D eigenvalue weighted by Crippen LogP contribution is 2.28. The van der Waals surface area contributed by atoms with Crippen LogP contribution in [0, 0.1) is 5.82 Å². The van der Waals surface area contributed by atoms with E-state index in [-0.39, 0.29) is 12.4 Å². The topological polar surface area (TPSA) is 22.1 Å². The van der Waals surface area contributed by atoms with Crippen LogP contribution in [0.25, 0.3) is 11.3 Å². The van der Waals surface area contributed by atoms with Gasteiger partial charge >= 0.3 is 6.36 Å². The Morgan fingerprint density at radius 3 is 2.32 bits per heavy atom. The lowest BCUT2D eigenvalue weighted by atomic mass is 10.1. The lowest BCUT2D eigenvalue weighted by molar-refractivity contribution is -0.275. The molecule has 0 spiro atoms. The van der Waals surface area contributed by atoms with E-state index < -0.39 is 17.9 Å². The molecule has 0 aliphatic rings. The maximum Gasteiger partial charge on any atom is 0.573 e. The van der Waals surface area contributed by atoms with E-state index in [4.69, 9.17) is 0 Å². The van der Waals surface area contributed by atoms with Gasteiger partial charge in [-0.05, 0) is 30.3 Å². The lowest BCUT2D eigenvalue weighted by Gasteiger charge is -2.10. The summed E-state index contributed by atoms with van der Waals surface area (Å²) in [6.45, 7) is 0. The average molecular weight is 294 g/mol. The van der Waals surface area contributed by atoms with Crippen LogP contribution in [-0.2, 0) is 0 Å². The fourth-order valence-electron chi connectivity index (χ4n) is 1.40. The first-order chi connectivity index (χ1) is 8.46. The molecule has 0 saturated heterocycles. The summed E-state index contributed by atoms with van der Waals surface area (Å²) in [5, 5.41) is 0. The minimum Gasteiger partial charge on any atom is -0.403 e. The highest BCUT2D eigenvalue weighted by Gasteiger charge is 2.32. The van der Waals surface area contributed by atoms with Crippen LogP contribution in [0.4, 0.5) is 17.6 Å². The second kappa shape index (κ2) is 5.88. The standard InChI is InChI=1S/C12H7F4NO.ClH/c13-9-7-8(10-3-1-2-6-17-10)4-5-11(9)18-12(14,15)16;/h1-7H;1H. The van der Waals surface area contributed by atoms with Crippen molar-refractivity contribution in [2.75, 3.05) is 0 Å². The molecule has 0 amide bonds. The molecule has 0 radical (unpaired) electrons. The van der Waals surface area contributed by atoms with Gasteiger partial charge in [0.1, 0.15) is 0 Å². The lowest BCUT2D eigenvalue weighted by Crippen LogP contribution is -2.17. The number of nitrogens with zero attached hydrogens (tertiary/aromatic N) is 1. The maximum absolute atomic E-state index is 13.4. The molecule has 0 N–H and O–H groups in total. The molecule has 2 aromatic rings. The summed E-state index contributed by atoms with van der Waals surface area (Å²) in [5.74, 6) is -1.95. The molecule has 1 heterocycles. The van der Waals surface area contributed by atoms with Crippen molar-refractivity contribution in [2.45, 2.75) is 6.36 Å². The zero-order valence-electron chi connectivity index (χ0n) is 9.32. The van der Waals surface area contributed by atoms with Crippen molar-refractivity contribution in [3.05, 3.63) is 48.4 Å². The number of ether oxygens (including phenoxy) is 1. The minimum atomic E-state index is -4.91.